The fourth-order valence-corrected chi connectivity index (χ4v) is 1.57. The van der Waals surface area contributed by atoms with E-state index < -0.39 is 0 Å². The summed E-state index contributed by atoms with van der Waals surface area (Å²) in [5.41, 5.74) is 7.12. The fourth-order valence-electron chi connectivity index (χ4n) is 1.57. The van der Waals surface area contributed by atoms with Crippen LogP contribution in [0.15, 0.2) is 29.1 Å². The number of nitrogens with two attached hydrogens (primary N) is 1. The van der Waals surface area contributed by atoms with Gasteiger partial charge in [-0.3, -0.25) is 4.79 Å². The molecule has 0 aliphatic rings. The molecule has 2 rings (SSSR count). The Morgan fingerprint density at radius 3 is 2.87 bits per heavy atom. The number of hydrogen-bond donors (Lipinski definition) is 2. The predicted molar refractivity (Wildman–Crippen MR) is 59.0 cm³/mol. The highest BCUT2D eigenvalue weighted by atomic mass is 16.5. The zero-order valence-corrected chi connectivity index (χ0v) is 8.41. The number of aromatic amines is 1. The van der Waals surface area contributed by atoms with E-state index in [1.54, 1.807) is 13.2 Å². The van der Waals surface area contributed by atoms with Gasteiger partial charge in [-0.25, -0.2) is 0 Å². The smallest absolute Gasteiger partial charge is 0.248 e. The second kappa shape index (κ2) is 3.74. The Labute approximate surface area is 86.7 Å². The normalized spacial score (nSPS) is 10.5. The second-order valence-electron chi connectivity index (χ2n) is 3.29. The summed E-state index contributed by atoms with van der Waals surface area (Å²) in [6.07, 6.45) is 0. The third kappa shape index (κ3) is 1.71. The van der Waals surface area contributed by atoms with Crippen LogP contribution in [0.2, 0.25) is 0 Å². The standard InChI is InChI=1S/C11H12N2O2/c1-15-9-5-7(6-12)4-8-2-3-10(14)13-11(8)9/h2-5H,6,12H2,1H3,(H,13,14). The van der Waals surface area contributed by atoms with Gasteiger partial charge in [0.05, 0.1) is 12.6 Å². The molecule has 2 aromatic rings. The Kier molecular flexibility index (Phi) is 2.43. The van der Waals surface area contributed by atoms with Crippen molar-refractivity contribution in [3.8, 4) is 5.75 Å². The molecule has 78 valence electrons. The van der Waals surface area contributed by atoms with Gasteiger partial charge in [0.1, 0.15) is 5.75 Å². The number of ether oxygens (including phenoxy) is 1. The van der Waals surface area contributed by atoms with Gasteiger partial charge in [-0.05, 0) is 23.8 Å². The van der Waals surface area contributed by atoms with Gasteiger partial charge >= 0.3 is 0 Å². The molecule has 3 N–H and O–H groups in total. The topological polar surface area (TPSA) is 68.1 Å². The maximum Gasteiger partial charge on any atom is 0.248 e. The molecule has 0 aliphatic carbocycles. The van der Waals surface area contributed by atoms with Crippen molar-refractivity contribution in [2.75, 3.05) is 7.11 Å². The molecule has 1 aromatic carbocycles. The van der Waals surface area contributed by atoms with Crippen molar-refractivity contribution in [2.45, 2.75) is 6.54 Å². The highest BCUT2D eigenvalue weighted by Gasteiger charge is 2.04. The van der Waals surface area contributed by atoms with E-state index in [9.17, 15) is 4.79 Å². The van der Waals surface area contributed by atoms with Crippen molar-refractivity contribution in [1.29, 1.82) is 0 Å². The molecule has 0 unspecified atom stereocenters. The van der Waals surface area contributed by atoms with Gasteiger partial charge in [0, 0.05) is 18.0 Å². The summed E-state index contributed by atoms with van der Waals surface area (Å²) in [5.74, 6) is 0.644. The minimum absolute atomic E-state index is 0.138. The maximum atomic E-state index is 11.2. The maximum absolute atomic E-state index is 11.2. The van der Waals surface area contributed by atoms with Crippen LogP contribution in [-0.4, -0.2) is 12.1 Å². The van der Waals surface area contributed by atoms with Crippen molar-refractivity contribution in [1.82, 2.24) is 4.98 Å². The Hall–Kier alpha value is -1.81. The van der Waals surface area contributed by atoms with Crippen molar-refractivity contribution >= 4 is 10.9 Å². The number of fused-ring (bicyclic) bond motifs is 1. The summed E-state index contributed by atoms with van der Waals surface area (Å²) in [5, 5.41) is 0.925. The van der Waals surface area contributed by atoms with E-state index in [0.29, 0.717) is 17.8 Å². The minimum atomic E-state index is -0.138. The van der Waals surface area contributed by atoms with E-state index in [2.05, 4.69) is 4.98 Å². The molecule has 0 amide bonds. The lowest BCUT2D eigenvalue weighted by atomic mass is 10.1. The first-order valence-corrected chi connectivity index (χ1v) is 4.64. The predicted octanol–water partition coefficient (Wildman–Crippen LogP) is 0.995. The third-order valence-corrected chi connectivity index (χ3v) is 2.31. The van der Waals surface area contributed by atoms with E-state index in [1.807, 2.05) is 12.1 Å². The molecule has 0 spiro atoms. The van der Waals surface area contributed by atoms with E-state index >= 15 is 0 Å². The number of nitrogens with one attached hydrogen (secondary N) is 1. The molecule has 0 fully saturated rings. The van der Waals surface area contributed by atoms with Crippen LogP contribution in [0.4, 0.5) is 0 Å². The Balaban J connectivity index is 2.80. The highest BCUT2D eigenvalue weighted by molar-refractivity contribution is 5.85. The fraction of sp³-hybridized carbons (Fsp3) is 0.182. The highest BCUT2D eigenvalue weighted by Crippen LogP contribution is 2.24. The zero-order valence-electron chi connectivity index (χ0n) is 8.41. The third-order valence-electron chi connectivity index (χ3n) is 2.31. The monoisotopic (exact) mass is 204 g/mol. The van der Waals surface area contributed by atoms with Crippen LogP contribution in [0.1, 0.15) is 5.56 Å². The average Bonchev–Trinajstić information content (AvgIpc) is 2.27. The Bertz CT molecular complexity index is 546. The Morgan fingerprint density at radius 1 is 1.40 bits per heavy atom. The van der Waals surface area contributed by atoms with Crippen molar-refractivity contribution in [2.24, 2.45) is 5.73 Å². The van der Waals surface area contributed by atoms with Gasteiger partial charge in [-0.1, -0.05) is 0 Å². The van der Waals surface area contributed by atoms with Crippen LogP contribution in [-0.2, 0) is 6.54 Å². The summed E-state index contributed by atoms with van der Waals surface area (Å²) >= 11 is 0. The first kappa shape index (κ1) is 9.73. The minimum Gasteiger partial charge on any atom is -0.495 e. The van der Waals surface area contributed by atoms with E-state index in [4.69, 9.17) is 10.5 Å². The molecule has 0 bridgehead atoms. The molecular formula is C11H12N2O2. The van der Waals surface area contributed by atoms with Gasteiger partial charge in [-0.2, -0.15) is 0 Å². The molecule has 4 heteroatoms. The van der Waals surface area contributed by atoms with Gasteiger partial charge in [-0.15, -0.1) is 0 Å². The number of aromatic nitrogens is 1. The summed E-state index contributed by atoms with van der Waals surface area (Å²) in [4.78, 5) is 13.9. The average molecular weight is 204 g/mol. The Morgan fingerprint density at radius 2 is 2.20 bits per heavy atom. The number of rotatable bonds is 2. The molecule has 4 nitrogen and oxygen atoms in total. The lowest BCUT2D eigenvalue weighted by Crippen LogP contribution is -2.05. The summed E-state index contributed by atoms with van der Waals surface area (Å²) < 4.78 is 5.20. The number of hydrogen-bond acceptors (Lipinski definition) is 3. The number of benzene rings is 1. The van der Waals surface area contributed by atoms with Crippen LogP contribution in [0.5, 0.6) is 5.75 Å². The molecule has 0 aliphatic heterocycles. The lowest BCUT2D eigenvalue weighted by molar-refractivity contribution is 0.418. The molecule has 1 heterocycles. The van der Waals surface area contributed by atoms with Crippen molar-refractivity contribution in [3.05, 3.63) is 40.2 Å². The van der Waals surface area contributed by atoms with Gasteiger partial charge < -0.3 is 15.5 Å². The largest absolute Gasteiger partial charge is 0.495 e. The van der Waals surface area contributed by atoms with Crippen LogP contribution in [0.25, 0.3) is 10.9 Å². The lowest BCUT2D eigenvalue weighted by Gasteiger charge is -2.07. The molecular weight excluding hydrogens is 192 g/mol. The van der Waals surface area contributed by atoms with Crippen LogP contribution < -0.4 is 16.0 Å². The molecule has 0 saturated heterocycles. The first-order chi connectivity index (χ1) is 7.24. The van der Waals surface area contributed by atoms with E-state index in [-0.39, 0.29) is 5.56 Å². The second-order valence-corrected chi connectivity index (χ2v) is 3.29. The number of pyridine rings is 1. The summed E-state index contributed by atoms with van der Waals surface area (Å²) in [7, 11) is 1.57. The number of H-pyrrole nitrogens is 1. The van der Waals surface area contributed by atoms with Crippen LogP contribution >= 0.6 is 0 Å². The van der Waals surface area contributed by atoms with E-state index in [0.717, 1.165) is 10.9 Å². The zero-order chi connectivity index (χ0) is 10.8. The molecule has 1 aromatic heterocycles. The SMILES string of the molecule is COc1cc(CN)cc2ccc(=O)[nH]c12. The van der Waals surface area contributed by atoms with Crippen molar-refractivity contribution in [3.63, 3.8) is 0 Å². The van der Waals surface area contributed by atoms with Gasteiger partial charge in [0.25, 0.3) is 0 Å². The van der Waals surface area contributed by atoms with Gasteiger partial charge in [0.15, 0.2) is 0 Å². The van der Waals surface area contributed by atoms with Crippen LogP contribution in [0.3, 0.4) is 0 Å². The van der Waals surface area contributed by atoms with E-state index in [1.165, 1.54) is 6.07 Å². The molecule has 15 heavy (non-hydrogen) atoms. The number of methoxy groups -OCH3 is 1. The van der Waals surface area contributed by atoms with Crippen LogP contribution in [0, 0.1) is 0 Å². The first-order valence-electron chi connectivity index (χ1n) is 4.64. The van der Waals surface area contributed by atoms with Crippen molar-refractivity contribution < 1.29 is 4.74 Å². The quantitative estimate of drug-likeness (QED) is 0.766. The summed E-state index contributed by atoms with van der Waals surface area (Å²) in [6, 6.07) is 7.02. The van der Waals surface area contributed by atoms with Gasteiger partial charge in [0.2, 0.25) is 5.56 Å². The molecule has 0 saturated carbocycles. The summed E-state index contributed by atoms with van der Waals surface area (Å²) in [6.45, 7) is 0.450. The molecule has 0 radical (unpaired) electrons. The molecule has 0 atom stereocenters.